The van der Waals surface area contributed by atoms with Gasteiger partial charge in [0.1, 0.15) is 6.54 Å². The van der Waals surface area contributed by atoms with E-state index in [2.05, 4.69) is 4.98 Å². The molecular formula is C9H12N2O3. The normalized spacial score (nSPS) is 10.2. The third kappa shape index (κ3) is 3.01. The fourth-order valence-corrected chi connectivity index (χ4v) is 0.936. The van der Waals surface area contributed by atoms with Crippen molar-refractivity contribution < 1.29 is 9.53 Å². The molecule has 0 unspecified atom stereocenters. The standard InChI is InChI=1S/C9H12N2O3/c1-7(2)14-9(13)5-11-6-10-4-3-8(11)12/h3-4,6-7H,5H2,1-2H3. The van der Waals surface area contributed by atoms with Gasteiger partial charge in [0.2, 0.25) is 0 Å². The number of rotatable bonds is 3. The highest BCUT2D eigenvalue weighted by Crippen LogP contribution is 1.90. The first kappa shape index (κ1) is 10.4. The zero-order chi connectivity index (χ0) is 10.6. The largest absolute Gasteiger partial charge is 0.462 e. The molecule has 5 nitrogen and oxygen atoms in total. The number of carbonyl (C=O) groups excluding carboxylic acids is 1. The summed E-state index contributed by atoms with van der Waals surface area (Å²) < 4.78 is 6.08. The van der Waals surface area contributed by atoms with E-state index in [1.54, 1.807) is 13.8 Å². The van der Waals surface area contributed by atoms with E-state index in [0.717, 1.165) is 0 Å². The van der Waals surface area contributed by atoms with Crippen LogP contribution in [0.25, 0.3) is 0 Å². The van der Waals surface area contributed by atoms with Gasteiger partial charge in [0.25, 0.3) is 5.56 Å². The average molecular weight is 196 g/mol. The Balaban J connectivity index is 2.65. The number of hydrogen-bond donors (Lipinski definition) is 0. The zero-order valence-electron chi connectivity index (χ0n) is 8.14. The van der Waals surface area contributed by atoms with Gasteiger partial charge in [-0.3, -0.25) is 14.2 Å². The molecule has 1 aromatic rings. The summed E-state index contributed by atoms with van der Waals surface area (Å²) in [7, 11) is 0. The van der Waals surface area contributed by atoms with Gasteiger partial charge in [-0.15, -0.1) is 0 Å². The van der Waals surface area contributed by atoms with Gasteiger partial charge in [0, 0.05) is 12.3 Å². The summed E-state index contributed by atoms with van der Waals surface area (Å²) >= 11 is 0. The summed E-state index contributed by atoms with van der Waals surface area (Å²) in [5, 5.41) is 0. The van der Waals surface area contributed by atoms with Crippen LogP contribution in [0.3, 0.4) is 0 Å². The van der Waals surface area contributed by atoms with Crippen LogP contribution in [0.4, 0.5) is 0 Å². The number of esters is 1. The maximum atomic E-state index is 11.2. The molecule has 0 radical (unpaired) electrons. The first-order chi connectivity index (χ1) is 6.59. The number of carbonyl (C=O) groups is 1. The van der Waals surface area contributed by atoms with Gasteiger partial charge in [-0.2, -0.15) is 0 Å². The molecule has 76 valence electrons. The quantitative estimate of drug-likeness (QED) is 0.648. The molecule has 0 spiro atoms. The fourth-order valence-electron chi connectivity index (χ4n) is 0.936. The van der Waals surface area contributed by atoms with Crippen molar-refractivity contribution in [2.24, 2.45) is 0 Å². The molecule has 0 aliphatic heterocycles. The van der Waals surface area contributed by atoms with Crippen LogP contribution in [0.5, 0.6) is 0 Å². The van der Waals surface area contributed by atoms with Crippen molar-refractivity contribution in [2.75, 3.05) is 0 Å². The lowest BCUT2D eigenvalue weighted by Crippen LogP contribution is -2.25. The van der Waals surface area contributed by atoms with Gasteiger partial charge in [0.05, 0.1) is 12.4 Å². The first-order valence-electron chi connectivity index (χ1n) is 4.29. The Morgan fingerprint density at radius 1 is 1.64 bits per heavy atom. The molecule has 0 bridgehead atoms. The molecule has 0 fully saturated rings. The highest BCUT2D eigenvalue weighted by atomic mass is 16.5. The van der Waals surface area contributed by atoms with Crippen molar-refractivity contribution in [2.45, 2.75) is 26.5 Å². The van der Waals surface area contributed by atoms with Crippen molar-refractivity contribution in [1.29, 1.82) is 0 Å². The van der Waals surface area contributed by atoms with E-state index >= 15 is 0 Å². The molecule has 14 heavy (non-hydrogen) atoms. The molecule has 0 atom stereocenters. The topological polar surface area (TPSA) is 61.2 Å². The number of nitrogens with zero attached hydrogens (tertiary/aromatic N) is 2. The van der Waals surface area contributed by atoms with Gasteiger partial charge in [-0.25, -0.2) is 4.98 Å². The van der Waals surface area contributed by atoms with Crippen LogP contribution in [-0.2, 0) is 16.1 Å². The van der Waals surface area contributed by atoms with Crippen LogP contribution in [0.2, 0.25) is 0 Å². The molecular weight excluding hydrogens is 184 g/mol. The average Bonchev–Trinajstić information content (AvgIpc) is 2.07. The van der Waals surface area contributed by atoms with E-state index in [9.17, 15) is 9.59 Å². The van der Waals surface area contributed by atoms with E-state index in [0.29, 0.717) is 0 Å². The Morgan fingerprint density at radius 2 is 2.36 bits per heavy atom. The predicted octanol–water partition coefficient (Wildman–Crippen LogP) is 0.195. The Hall–Kier alpha value is -1.65. The Morgan fingerprint density at radius 3 is 2.93 bits per heavy atom. The predicted molar refractivity (Wildman–Crippen MR) is 49.7 cm³/mol. The lowest BCUT2D eigenvalue weighted by molar-refractivity contribution is -0.148. The van der Waals surface area contributed by atoms with Crippen molar-refractivity contribution >= 4 is 5.97 Å². The van der Waals surface area contributed by atoms with Crippen LogP contribution in [0, 0.1) is 0 Å². The van der Waals surface area contributed by atoms with Crippen LogP contribution in [0.15, 0.2) is 23.4 Å². The second kappa shape index (κ2) is 4.55. The minimum absolute atomic E-state index is 0.0924. The maximum Gasteiger partial charge on any atom is 0.326 e. The van der Waals surface area contributed by atoms with E-state index in [4.69, 9.17) is 4.74 Å². The second-order valence-corrected chi connectivity index (χ2v) is 3.09. The van der Waals surface area contributed by atoms with E-state index < -0.39 is 5.97 Å². The number of ether oxygens (including phenoxy) is 1. The minimum Gasteiger partial charge on any atom is -0.462 e. The lowest BCUT2D eigenvalue weighted by atomic mass is 10.5. The van der Waals surface area contributed by atoms with Gasteiger partial charge in [-0.05, 0) is 13.8 Å². The molecule has 5 heteroatoms. The third-order valence-electron chi connectivity index (χ3n) is 1.46. The summed E-state index contributed by atoms with van der Waals surface area (Å²) in [6.07, 6.45) is 2.52. The maximum absolute atomic E-state index is 11.2. The highest BCUT2D eigenvalue weighted by molar-refractivity contribution is 5.69. The Labute approximate surface area is 81.3 Å². The van der Waals surface area contributed by atoms with Crippen molar-refractivity contribution in [3.8, 4) is 0 Å². The van der Waals surface area contributed by atoms with Crippen molar-refractivity contribution in [1.82, 2.24) is 9.55 Å². The smallest absolute Gasteiger partial charge is 0.326 e. The van der Waals surface area contributed by atoms with Gasteiger partial charge in [0.15, 0.2) is 0 Å². The Bertz CT molecular complexity index is 370. The number of aromatic nitrogens is 2. The Kier molecular flexibility index (Phi) is 3.39. The summed E-state index contributed by atoms with van der Waals surface area (Å²) in [4.78, 5) is 26.1. The zero-order valence-corrected chi connectivity index (χ0v) is 8.14. The molecule has 0 aliphatic carbocycles. The van der Waals surface area contributed by atoms with Gasteiger partial charge >= 0.3 is 5.97 Å². The summed E-state index contributed by atoms with van der Waals surface area (Å²) in [6, 6.07) is 1.29. The lowest BCUT2D eigenvalue weighted by Gasteiger charge is -2.08. The van der Waals surface area contributed by atoms with Gasteiger partial charge in [-0.1, -0.05) is 0 Å². The summed E-state index contributed by atoms with van der Waals surface area (Å²) in [6.45, 7) is 3.42. The van der Waals surface area contributed by atoms with Crippen molar-refractivity contribution in [3.05, 3.63) is 28.9 Å². The summed E-state index contributed by atoms with van der Waals surface area (Å²) in [5.74, 6) is -0.435. The minimum atomic E-state index is -0.435. The van der Waals surface area contributed by atoms with Crippen LogP contribution in [0.1, 0.15) is 13.8 Å². The molecule has 0 saturated carbocycles. The third-order valence-corrected chi connectivity index (χ3v) is 1.46. The van der Waals surface area contributed by atoms with Crippen LogP contribution >= 0.6 is 0 Å². The highest BCUT2D eigenvalue weighted by Gasteiger charge is 2.06. The van der Waals surface area contributed by atoms with Crippen LogP contribution in [-0.4, -0.2) is 21.6 Å². The molecule has 1 rings (SSSR count). The van der Waals surface area contributed by atoms with E-state index in [1.165, 1.54) is 23.2 Å². The molecule has 0 amide bonds. The van der Waals surface area contributed by atoms with Crippen molar-refractivity contribution in [3.63, 3.8) is 0 Å². The second-order valence-electron chi connectivity index (χ2n) is 3.09. The first-order valence-corrected chi connectivity index (χ1v) is 4.29. The van der Waals surface area contributed by atoms with Gasteiger partial charge < -0.3 is 4.74 Å². The molecule has 0 N–H and O–H groups in total. The number of hydrogen-bond acceptors (Lipinski definition) is 4. The molecule has 1 aromatic heterocycles. The SMILES string of the molecule is CC(C)OC(=O)Cn1cnccc1=O. The molecule has 0 saturated heterocycles. The summed E-state index contributed by atoms with van der Waals surface area (Å²) in [5.41, 5.74) is -0.263. The molecule has 1 heterocycles. The van der Waals surface area contributed by atoms with E-state index in [-0.39, 0.29) is 18.2 Å². The molecule has 0 aromatic carbocycles. The monoisotopic (exact) mass is 196 g/mol. The molecule has 0 aliphatic rings. The fraction of sp³-hybridized carbons (Fsp3) is 0.444. The van der Waals surface area contributed by atoms with E-state index in [1.807, 2.05) is 0 Å². The van der Waals surface area contributed by atoms with Crippen LogP contribution < -0.4 is 5.56 Å².